The van der Waals surface area contributed by atoms with Gasteiger partial charge in [0.25, 0.3) is 0 Å². The molecule has 0 saturated carbocycles. The lowest BCUT2D eigenvalue weighted by Gasteiger charge is -2.10. The van der Waals surface area contributed by atoms with Gasteiger partial charge in [0.05, 0.1) is 18.8 Å². The maximum Gasteiger partial charge on any atom is 0.416 e. The number of hydrogen-bond acceptors (Lipinski definition) is 4. The summed E-state index contributed by atoms with van der Waals surface area (Å²) in [6.45, 7) is 2.43. The van der Waals surface area contributed by atoms with Crippen LogP contribution in [0.4, 0.5) is 13.2 Å². The average Bonchev–Trinajstić information content (AvgIpc) is 2.59. The lowest BCUT2D eigenvalue weighted by molar-refractivity contribution is -0.143. The molecule has 2 aromatic carbocycles. The van der Waals surface area contributed by atoms with E-state index in [1.54, 1.807) is 31.2 Å². The Morgan fingerprint density at radius 2 is 1.69 bits per heavy atom. The van der Waals surface area contributed by atoms with Gasteiger partial charge in [-0.1, -0.05) is 6.07 Å². The van der Waals surface area contributed by atoms with Crippen LogP contribution in [-0.4, -0.2) is 19.2 Å². The normalized spacial score (nSPS) is 11.1. The molecule has 0 saturated heterocycles. The number of esters is 1. The summed E-state index contributed by atoms with van der Waals surface area (Å²) in [5.74, 6) is 0.999. The van der Waals surface area contributed by atoms with Gasteiger partial charge in [0.15, 0.2) is 0 Å². The summed E-state index contributed by atoms with van der Waals surface area (Å²) in [7, 11) is 0. The first-order valence-corrected chi connectivity index (χ1v) is 8.12. The number of carbonyl (C=O) groups is 1. The third-order valence-corrected chi connectivity index (χ3v) is 3.32. The number of ether oxygens (including phenoxy) is 3. The van der Waals surface area contributed by atoms with Crippen LogP contribution in [0, 0.1) is 0 Å². The molecule has 0 unspecified atom stereocenters. The zero-order valence-corrected chi connectivity index (χ0v) is 14.2. The van der Waals surface area contributed by atoms with E-state index in [9.17, 15) is 18.0 Å². The van der Waals surface area contributed by atoms with Crippen LogP contribution in [0.15, 0.2) is 48.5 Å². The molecule has 0 N–H and O–H groups in total. The highest BCUT2D eigenvalue weighted by Gasteiger charge is 2.30. The van der Waals surface area contributed by atoms with E-state index >= 15 is 0 Å². The quantitative estimate of drug-likeness (QED) is 0.473. The maximum absolute atomic E-state index is 12.6. The molecule has 0 aliphatic carbocycles. The first-order chi connectivity index (χ1) is 12.4. The second-order valence-electron chi connectivity index (χ2n) is 5.36. The minimum absolute atomic E-state index is 0.268. The minimum Gasteiger partial charge on any atom is -0.493 e. The van der Waals surface area contributed by atoms with Gasteiger partial charge in [-0.2, -0.15) is 13.2 Å². The zero-order valence-electron chi connectivity index (χ0n) is 14.2. The molecule has 4 nitrogen and oxygen atoms in total. The van der Waals surface area contributed by atoms with Crippen molar-refractivity contribution in [1.29, 1.82) is 0 Å². The van der Waals surface area contributed by atoms with E-state index < -0.39 is 11.7 Å². The molecular weight excluding hydrogens is 349 g/mol. The zero-order chi connectivity index (χ0) is 19.0. The topological polar surface area (TPSA) is 44.8 Å². The van der Waals surface area contributed by atoms with Gasteiger partial charge in [-0.15, -0.1) is 0 Å². The van der Waals surface area contributed by atoms with E-state index in [-0.39, 0.29) is 18.1 Å². The van der Waals surface area contributed by atoms with Crippen molar-refractivity contribution < 1.29 is 32.2 Å². The molecule has 0 radical (unpaired) electrons. The molecule has 0 aliphatic heterocycles. The van der Waals surface area contributed by atoms with Gasteiger partial charge in [-0.3, -0.25) is 4.79 Å². The van der Waals surface area contributed by atoms with E-state index in [2.05, 4.69) is 0 Å². The Morgan fingerprint density at radius 3 is 2.35 bits per heavy atom. The smallest absolute Gasteiger partial charge is 0.416 e. The van der Waals surface area contributed by atoms with Crippen LogP contribution < -0.4 is 9.47 Å². The molecule has 0 atom stereocenters. The second kappa shape index (κ2) is 9.12. The fourth-order valence-corrected chi connectivity index (χ4v) is 2.12. The first-order valence-electron chi connectivity index (χ1n) is 8.12. The van der Waals surface area contributed by atoms with E-state index in [1.165, 1.54) is 12.1 Å². The van der Waals surface area contributed by atoms with Crippen LogP contribution in [0.1, 0.15) is 25.3 Å². The summed E-state index contributed by atoms with van der Waals surface area (Å²) in [5, 5.41) is 0. The molecular formula is C19H19F3O4. The maximum atomic E-state index is 12.6. The first kappa shape index (κ1) is 19.6. The molecule has 7 heteroatoms. The summed E-state index contributed by atoms with van der Waals surface area (Å²) in [6.07, 6.45) is -3.59. The van der Waals surface area contributed by atoms with Crippen molar-refractivity contribution >= 4 is 5.97 Å². The molecule has 0 aromatic heterocycles. The third kappa shape index (κ3) is 6.31. The van der Waals surface area contributed by atoms with Gasteiger partial charge < -0.3 is 14.2 Å². The van der Waals surface area contributed by atoms with Crippen molar-refractivity contribution in [3.05, 3.63) is 54.1 Å². The Kier molecular flexibility index (Phi) is 6.89. The molecule has 140 valence electrons. The molecule has 0 fully saturated rings. The van der Waals surface area contributed by atoms with Crippen molar-refractivity contribution in [2.75, 3.05) is 13.2 Å². The summed E-state index contributed by atoms with van der Waals surface area (Å²) in [4.78, 5) is 11.2. The van der Waals surface area contributed by atoms with E-state index in [1.807, 2.05) is 0 Å². The largest absolute Gasteiger partial charge is 0.493 e. The summed E-state index contributed by atoms with van der Waals surface area (Å²) >= 11 is 0. The fourth-order valence-electron chi connectivity index (χ4n) is 2.12. The molecule has 2 aromatic rings. The monoisotopic (exact) mass is 368 g/mol. The Hall–Kier alpha value is -2.70. The van der Waals surface area contributed by atoms with E-state index in [0.717, 1.165) is 12.1 Å². The Labute approximate surface area is 149 Å². The van der Waals surface area contributed by atoms with Crippen molar-refractivity contribution in [2.24, 2.45) is 0 Å². The number of benzene rings is 2. The van der Waals surface area contributed by atoms with Crippen molar-refractivity contribution in [1.82, 2.24) is 0 Å². The van der Waals surface area contributed by atoms with Crippen LogP contribution in [0.5, 0.6) is 17.2 Å². The van der Waals surface area contributed by atoms with E-state index in [4.69, 9.17) is 14.2 Å². The number of hydrogen-bond donors (Lipinski definition) is 0. The Morgan fingerprint density at radius 1 is 1.00 bits per heavy atom. The van der Waals surface area contributed by atoms with Gasteiger partial charge >= 0.3 is 12.1 Å². The summed E-state index contributed by atoms with van der Waals surface area (Å²) in [6, 6.07) is 11.2. The molecule has 0 aliphatic rings. The van der Waals surface area contributed by atoms with Gasteiger partial charge in [0.1, 0.15) is 17.2 Å². The van der Waals surface area contributed by atoms with Crippen LogP contribution >= 0.6 is 0 Å². The van der Waals surface area contributed by atoms with Crippen LogP contribution in [0.25, 0.3) is 0 Å². The predicted octanol–water partition coefficient (Wildman–Crippen LogP) is 5.22. The second-order valence-corrected chi connectivity index (χ2v) is 5.36. The van der Waals surface area contributed by atoms with Gasteiger partial charge in [0, 0.05) is 12.5 Å². The molecule has 0 amide bonds. The van der Waals surface area contributed by atoms with Gasteiger partial charge in [0.2, 0.25) is 0 Å². The van der Waals surface area contributed by atoms with Crippen molar-refractivity contribution in [2.45, 2.75) is 25.9 Å². The highest BCUT2D eigenvalue weighted by Crippen LogP contribution is 2.32. The van der Waals surface area contributed by atoms with Gasteiger partial charge in [-0.25, -0.2) is 0 Å². The average molecular weight is 368 g/mol. The molecule has 0 bridgehead atoms. The Balaban J connectivity index is 1.87. The third-order valence-electron chi connectivity index (χ3n) is 3.32. The van der Waals surface area contributed by atoms with Gasteiger partial charge in [-0.05, 0) is 49.7 Å². The number of carbonyl (C=O) groups excluding carboxylic acids is 1. The van der Waals surface area contributed by atoms with E-state index in [0.29, 0.717) is 31.1 Å². The highest BCUT2D eigenvalue weighted by atomic mass is 19.4. The highest BCUT2D eigenvalue weighted by molar-refractivity contribution is 5.69. The number of alkyl halides is 3. The standard InChI is InChI=1S/C19H19F3O4/c1-2-24-18(23)7-4-12-25-16-5-3-6-17(13-16)26-15-10-8-14(9-11-15)19(20,21)22/h3,5-6,8-11,13H,2,4,7,12H2,1H3. The Bertz CT molecular complexity index is 711. The molecule has 2 rings (SSSR count). The number of rotatable bonds is 8. The van der Waals surface area contributed by atoms with Crippen LogP contribution in [0.2, 0.25) is 0 Å². The van der Waals surface area contributed by atoms with Crippen molar-refractivity contribution in [3.8, 4) is 17.2 Å². The lowest BCUT2D eigenvalue weighted by Crippen LogP contribution is -2.06. The molecule has 0 spiro atoms. The van der Waals surface area contributed by atoms with Crippen LogP contribution in [0.3, 0.4) is 0 Å². The summed E-state index contributed by atoms with van der Waals surface area (Å²) < 4.78 is 53.6. The predicted molar refractivity (Wildman–Crippen MR) is 89.3 cm³/mol. The SMILES string of the molecule is CCOC(=O)CCCOc1cccc(Oc2ccc(C(F)(F)F)cc2)c1. The summed E-state index contributed by atoms with van der Waals surface area (Å²) in [5.41, 5.74) is -0.733. The number of halogens is 3. The molecule has 0 heterocycles. The van der Waals surface area contributed by atoms with Crippen molar-refractivity contribution in [3.63, 3.8) is 0 Å². The molecule has 26 heavy (non-hydrogen) atoms. The lowest BCUT2D eigenvalue weighted by atomic mass is 10.2. The van der Waals surface area contributed by atoms with Crippen LogP contribution in [-0.2, 0) is 15.7 Å². The minimum atomic E-state index is -4.38. The fraction of sp³-hybridized carbons (Fsp3) is 0.316.